The van der Waals surface area contributed by atoms with Crippen molar-refractivity contribution >= 4 is 11.5 Å². The predicted molar refractivity (Wildman–Crippen MR) is 66.4 cm³/mol. The summed E-state index contributed by atoms with van der Waals surface area (Å²) in [5.41, 5.74) is 4.08. The van der Waals surface area contributed by atoms with Crippen molar-refractivity contribution in [2.75, 3.05) is 6.61 Å². The second-order valence-electron chi connectivity index (χ2n) is 4.72. The Hall–Kier alpha value is -1.57. The van der Waals surface area contributed by atoms with Crippen LogP contribution < -0.4 is 0 Å². The zero-order chi connectivity index (χ0) is 11.8. The highest BCUT2D eigenvalue weighted by molar-refractivity contribution is 5.85. The van der Waals surface area contributed by atoms with Crippen LogP contribution in [0.25, 0.3) is 5.57 Å². The van der Waals surface area contributed by atoms with E-state index >= 15 is 0 Å². The van der Waals surface area contributed by atoms with Crippen LogP contribution in [0, 0.1) is 11.8 Å². The molecule has 1 unspecified atom stereocenters. The Bertz CT molecular complexity index is 487. The Morgan fingerprint density at radius 1 is 1.41 bits per heavy atom. The first-order valence-corrected chi connectivity index (χ1v) is 6.26. The number of benzene rings is 1. The summed E-state index contributed by atoms with van der Waals surface area (Å²) >= 11 is 0. The van der Waals surface area contributed by atoms with Crippen molar-refractivity contribution in [3.63, 3.8) is 0 Å². The van der Waals surface area contributed by atoms with Crippen LogP contribution in [0.1, 0.15) is 24.5 Å². The second-order valence-corrected chi connectivity index (χ2v) is 4.72. The summed E-state index contributed by atoms with van der Waals surface area (Å²) in [6.07, 6.45) is 4.24. The number of carbonyl (C=O) groups excluding carboxylic acids is 1. The quantitative estimate of drug-likeness (QED) is 0.744. The molecule has 0 saturated heterocycles. The molecule has 88 valence electrons. The van der Waals surface area contributed by atoms with Crippen LogP contribution in [0.15, 0.2) is 30.3 Å². The third kappa shape index (κ3) is 1.78. The SMILES string of the molecule is CCOC(=O)[C@H]1CC1C1=CCc2ccccc21. The van der Waals surface area contributed by atoms with Crippen LogP contribution in [-0.4, -0.2) is 12.6 Å². The average molecular weight is 228 g/mol. The van der Waals surface area contributed by atoms with Crippen molar-refractivity contribution in [2.24, 2.45) is 11.8 Å². The number of ether oxygens (including phenoxy) is 1. The van der Waals surface area contributed by atoms with Gasteiger partial charge in [0.2, 0.25) is 0 Å². The molecule has 2 aliphatic rings. The van der Waals surface area contributed by atoms with E-state index in [9.17, 15) is 4.79 Å². The second kappa shape index (κ2) is 4.02. The van der Waals surface area contributed by atoms with Gasteiger partial charge < -0.3 is 4.74 Å². The highest BCUT2D eigenvalue weighted by Crippen LogP contribution is 2.51. The van der Waals surface area contributed by atoms with Crippen LogP contribution in [-0.2, 0) is 16.0 Å². The van der Waals surface area contributed by atoms with Crippen molar-refractivity contribution in [3.8, 4) is 0 Å². The maximum atomic E-state index is 11.6. The fraction of sp³-hybridized carbons (Fsp3) is 0.400. The van der Waals surface area contributed by atoms with E-state index in [0.29, 0.717) is 12.5 Å². The molecule has 0 radical (unpaired) electrons. The Kier molecular flexibility index (Phi) is 2.50. The number of hydrogen-bond donors (Lipinski definition) is 0. The largest absolute Gasteiger partial charge is 0.466 e. The van der Waals surface area contributed by atoms with Gasteiger partial charge in [-0.25, -0.2) is 0 Å². The molecule has 0 aromatic heterocycles. The van der Waals surface area contributed by atoms with E-state index < -0.39 is 0 Å². The molecule has 17 heavy (non-hydrogen) atoms. The van der Waals surface area contributed by atoms with Gasteiger partial charge in [0.25, 0.3) is 0 Å². The maximum Gasteiger partial charge on any atom is 0.309 e. The number of carbonyl (C=O) groups is 1. The van der Waals surface area contributed by atoms with Crippen molar-refractivity contribution in [1.29, 1.82) is 0 Å². The van der Waals surface area contributed by atoms with E-state index in [2.05, 4.69) is 30.3 Å². The van der Waals surface area contributed by atoms with Crippen molar-refractivity contribution in [1.82, 2.24) is 0 Å². The van der Waals surface area contributed by atoms with Crippen LogP contribution in [0.4, 0.5) is 0 Å². The van der Waals surface area contributed by atoms with Gasteiger partial charge in [-0.2, -0.15) is 0 Å². The summed E-state index contributed by atoms with van der Waals surface area (Å²) in [5.74, 6) is 0.479. The highest BCUT2D eigenvalue weighted by atomic mass is 16.5. The topological polar surface area (TPSA) is 26.3 Å². The molecule has 1 fully saturated rings. The van der Waals surface area contributed by atoms with E-state index in [-0.39, 0.29) is 11.9 Å². The molecule has 2 aliphatic carbocycles. The Morgan fingerprint density at radius 2 is 2.24 bits per heavy atom. The summed E-state index contributed by atoms with van der Waals surface area (Å²) in [5, 5.41) is 0. The Labute approximate surface area is 101 Å². The first-order valence-electron chi connectivity index (χ1n) is 6.26. The van der Waals surface area contributed by atoms with Crippen molar-refractivity contribution in [2.45, 2.75) is 19.8 Å². The zero-order valence-corrected chi connectivity index (χ0v) is 9.98. The predicted octanol–water partition coefficient (Wildman–Crippen LogP) is 2.83. The van der Waals surface area contributed by atoms with Crippen molar-refractivity contribution in [3.05, 3.63) is 41.5 Å². The number of rotatable bonds is 3. The molecule has 2 atom stereocenters. The monoisotopic (exact) mass is 228 g/mol. The molecule has 0 amide bonds. The molecular weight excluding hydrogens is 212 g/mol. The smallest absolute Gasteiger partial charge is 0.309 e. The molecule has 0 N–H and O–H groups in total. The molecule has 1 aromatic carbocycles. The minimum absolute atomic E-state index is 0.0252. The Balaban J connectivity index is 1.75. The summed E-state index contributed by atoms with van der Waals surface area (Å²) < 4.78 is 5.08. The first kappa shape index (κ1) is 10.6. The van der Waals surface area contributed by atoms with Gasteiger partial charge in [0, 0.05) is 0 Å². The lowest BCUT2D eigenvalue weighted by Gasteiger charge is -2.05. The van der Waals surface area contributed by atoms with E-state index in [4.69, 9.17) is 4.74 Å². The fourth-order valence-corrected chi connectivity index (χ4v) is 2.71. The third-order valence-corrected chi connectivity index (χ3v) is 3.65. The molecule has 3 rings (SSSR count). The molecule has 1 aromatic rings. The highest BCUT2D eigenvalue weighted by Gasteiger charge is 2.47. The summed E-state index contributed by atoms with van der Waals surface area (Å²) in [6, 6.07) is 8.47. The third-order valence-electron chi connectivity index (χ3n) is 3.65. The van der Waals surface area contributed by atoms with Gasteiger partial charge in [0.1, 0.15) is 0 Å². The van der Waals surface area contributed by atoms with Crippen LogP contribution in [0.5, 0.6) is 0 Å². The molecule has 2 heteroatoms. The van der Waals surface area contributed by atoms with Crippen LogP contribution in [0.2, 0.25) is 0 Å². The minimum atomic E-state index is -0.0252. The lowest BCUT2D eigenvalue weighted by atomic mass is 10.0. The number of esters is 1. The van der Waals surface area contributed by atoms with E-state index in [1.807, 2.05) is 6.92 Å². The van der Waals surface area contributed by atoms with Gasteiger partial charge in [-0.1, -0.05) is 30.3 Å². The zero-order valence-electron chi connectivity index (χ0n) is 9.98. The molecule has 0 spiro atoms. The fourth-order valence-electron chi connectivity index (χ4n) is 2.71. The summed E-state index contributed by atoms with van der Waals surface area (Å²) in [4.78, 5) is 11.6. The van der Waals surface area contributed by atoms with Gasteiger partial charge in [0.15, 0.2) is 0 Å². The average Bonchev–Trinajstić information content (AvgIpc) is 3.02. The normalized spacial score (nSPS) is 25.1. The number of fused-ring (bicyclic) bond motifs is 1. The van der Waals surface area contributed by atoms with Gasteiger partial charge in [-0.05, 0) is 42.4 Å². The summed E-state index contributed by atoms with van der Waals surface area (Å²) in [6.45, 7) is 2.34. The molecule has 0 bridgehead atoms. The first-order chi connectivity index (χ1) is 8.31. The molecule has 0 heterocycles. The molecule has 2 nitrogen and oxygen atoms in total. The van der Waals surface area contributed by atoms with Crippen LogP contribution >= 0.6 is 0 Å². The minimum Gasteiger partial charge on any atom is -0.466 e. The lowest BCUT2D eigenvalue weighted by molar-refractivity contribution is -0.144. The van der Waals surface area contributed by atoms with Gasteiger partial charge in [-0.3, -0.25) is 4.79 Å². The molecule has 0 aliphatic heterocycles. The maximum absolute atomic E-state index is 11.6. The number of allylic oxidation sites excluding steroid dienone is 2. The molecule has 1 saturated carbocycles. The number of hydrogen-bond acceptors (Lipinski definition) is 2. The summed E-state index contributed by atoms with van der Waals surface area (Å²) in [7, 11) is 0. The van der Waals surface area contributed by atoms with E-state index in [1.165, 1.54) is 16.7 Å². The van der Waals surface area contributed by atoms with E-state index in [1.54, 1.807) is 0 Å². The standard InChI is InChI=1S/C15H16O2/c1-2-17-15(16)14-9-13(14)12-8-7-10-5-3-4-6-11(10)12/h3-6,8,13-14H,2,7,9H2,1H3/t13?,14-/m0/s1. The van der Waals surface area contributed by atoms with Crippen LogP contribution in [0.3, 0.4) is 0 Å². The van der Waals surface area contributed by atoms with Gasteiger partial charge in [0.05, 0.1) is 12.5 Å². The Morgan fingerprint density at radius 3 is 3.06 bits per heavy atom. The van der Waals surface area contributed by atoms with Gasteiger partial charge in [-0.15, -0.1) is 0 Å². The van der Waals surface area contributed by atoms with E-state index in [0.717, 1.165) is 12.8 Å². The van der Waals surface area contributed by atoms with Crippen molar-refractivity contribution < 1.29 is 9.53 Å². The lowest BCUT2D eigenvalue weighted by Crippen LogP contribution is -2.07. The molecular formula is C15H16O2. The van der Waals surface area contributed by atoms with Gasteiger partial charge >= 0.3 is 5.97 Å².